The van der Waals surface area contributed by atoms with E-state index < -0.39 is 10.2 Å². The van der Waals surface area contributed by atoms with Crippen molar-refractivity contribution in [3.8, 4) is 0 Å². The standard InChI is InChI=1S/C14H28N2O3S/c1-19-12-14-9-5-11-16(14)20(17,18)15-10-4-8-13-6-2-3-7-13/h13-15H,2-12H2,1H3/t14-/m1/s1. The summed E-state index contributed by atoms with van der Waals surface area (Å²) in [5.41, 5.74) is 0. The van der Waals surface area contributed by atoms with E-state index in [1.807, 2.05) is 0 Å². The summed E-state index contributed by atoms with van der Waals surface area (Å²) >= 11 is 0. The largest absolute Gasteiger partial charge is 0.383 e. The third-order valence-electron chi connectivity index (χ3n) is 4.54. The first-order valence-corrected chi connectivity index (χ1v) is 9.33. The van der Waals surface area contributed by atoms with Gasteiger partial charge in [-0.15, -0.1) is 0 Å². The Morgan fingerprint density at radius 3 is 2.65 bits per heavy atom. The van der Waals surface area contributed by atoms with Crippen LogP contribution in [0.5, 0.6) is 0 Å². The van der Waals surface area contributed by atoms with Gasteiger partial charge in [0.25, 0.3) is 10.2 Å². The van der Waals surface area contributed by atoms with Crippen LogP contribution < -0.4 is 4.72 Å². The lowest BCUT2D eigenvalue weighted by molar-refractivity contribution is 0.148. The highest BCUT2D eigenvalue weighted by Gasteiger charge is 2.33. The van der Waals surface area contributed by atoms with Gasteiger partial charge in [0.05, 0.1) is 6.61 Å². The fourth-order valence-corrected chi connectivity index (χ4v) is 4.95. The predicted molar refractivity (Wildman–Crippen MR) is 79.7 cm³/mol. The molecule has 1 atom stereocenters. The molecule has 0 bridgehead atoms. The quantitative estimate of drug-likeness (QED) is 0.697. The van der Waals surface area contributed by atoms with Crippen molar-refractivity contribution in [2.75, 3.05) is 26.8 Å². The normalized spacial score (nSPS) is 25.6. The zero-order valence-corrected chi connectivity index (χ0v) is 13.3. The molecule has 5 nitrogen and oxygen atoms in total. The van der Waals surface area contributed by atoms with Crippen LogP contribution in [-0.4, -0.2) is 45.6 Å². The highest BCUT2D eigenvalue weighted by molar-refractivity contribution is 7.87. The van der Waals surface area contributed by atoms with Crippen molar-refractivity contribution in [3.63, 3.8) is 0 Å². The number of hydrogen-bond donors (Lipinski definition) is 1. The molecule has 0 aromatic carbocycles. The Labute approximate surface area is 123 Å². The molecule has 0 radical (unpaired) electrons. The minimum atomic E-state index is -3.32. The van der Waals surface area contributed by atoms with Crippen LogP contribution in [0.3, 0.4) is 0 Å². The fraction of sp³-hybridized carbons (Fsp3) is 1.00. The average Bonchev–Trinajstić information content (AvgIpc) is 3.06. The van der Waals surface area contributed by atoms with Gasteiger partial charge in [0.1, 0.15) is 0 Å². The fourth-order valence-electron chi connectivity index (χ4n) is 3.46. The lowest BCUT2D eigenvalue weighted by Gasteiger charge is -2.23. The highest BCUT2D eigenvalue weighted by Crippen LogP contribution is 2.28. The summed E-state index contributed by atoms with van der Waals surface area (Å²) in [4.78, 5) is 0. The Balaban J connectivity index is 1.72. The summed E-state index contributed by atoms with van der Waals surface area (Å²) in [6.07, 6.45) is 9.29. The van der Waals surface area contributed by atoms with Crippen LogP contribution in [0.15, 0.2) is 0 Å². The van der Waals surface area contributed by atoms with Gasteiger partial charge in [0.15, 0.2) is 0 Å². The third-order valence-corrected chi connectivity index (χ3v) is 6.21. The molecule has 1 aliphatic carbocycles. The zero-order valence-electron chi connectivity index (χ0n) is 12.5. The highest BCUT2D eigenvalue weighted by atomic mass is 32.2. The summed E-state index contributed by atoms with van der Waals surface area (Å²) in [5.74, 6) is 0.826. The Bertz CT molecular complexity index is 380. The van der Waals surface area contributed by atoms with Gasteiger partial charge in [-0.25, -0.2) is 4.72 Å². The lowest BCUT2D eigenvalue weighted by Crippen LogP contribution is -2.45. The minimum absolute atomic E-state index is 0.00679. The number of nitrogens with one attached hydrogen (secondary N) is 1. The van der Waals surface area contributed by atoms with Crippen LogP contribution in [0.4, 0.5) is 0 Å². The van der Waals surface area contributed by atoms with Crippen molar-refractivity contribution in [1.29, 1.82) is 0 Å². The SMILES string of the molecule is COC[C@H]1CCCN1S(=O)(=O)NCCCC1CCCC1. The van der Waals surface area contributed by atoms with Gasteiger partial charge < -0.3 is 4.74 Å². The van der Waals surface area contributed by atoms with E-state index in [4.69, 9.17) is 4.74 Å². The van der Waals surface area contributed by atoms with Crippen LogP contribution in [0.25, 0.3) is 0 Å². The van der Waals surface area contributed by atoms with E-state index in [0.29, 0.717) is 19.7 Å². The molecule has 1 saturated heterocycles. The maximum absolute atomic E-state index is 12.3. The maximum Gasteiger partial charge on any atom is 0.279 e. The smallest absolute Gasteiger partial charge is 0.279 e. The van der Waals surface area contributed by atoms with Gasteiger partial charge in [0.2, 0.25) is 0 Å². The van der Waals surface area contributed by atoms with Gasteiger partial charge in [-0.1, -0.05) is 25.7 Å². The van der Waals surface area contributed by atoms with E-state index in [2.05, 4.69) is 4.72 Å². The zero-order chi connectivity index (χ0) is 14.4. The van der Waals surface area contributed by atoms with Crippen LogP contribution in [-0.2, 0) is 14.9 Å². The predicted octanol–water partition coefficient (Wildman–Crippen LogP) is 1.90. The molecule has 0 aromatic heterocycles. The molecule has 1 heterocycles. The molecule has 0 aromatic rings. The van der Waals surface area contributed by atoms with Gasteiger partial charge >= 0.3 is 0 Å². The van der Waals surface area contributed by atoms with Crippen molar-refractivity contribution in [1.82, 2.24) is 9.03 Å². The van der Waals surface area contributed by atoms with E-state index in [-0.39, 0.29) is 6.04 Å². The lowest BCUT2D eigenvalue weighted by atomic mass is 10.0. The molecule has 0 unspecified atom stereocenters. The van der Waals surface area contributed by atoms with Gasteiger partial charge in [-0.2, -0.15) is 12.7 Å². The number of rotatable bonds is 8. The molecule has 0 spiro atoms. The summed E-state index contributed by atoms with van der Waals surface area (Å²) in [5, 5.41) is 0. The summed E-state index contributed by atoms with van der Waals surface area (Å²) in [6.45, 7) is 1.67. The Morgan fingerprint density at radius 1 is 1.20 bits per heavy atom. The van der Waals surface area contributed by atoms with Crippen molar-refractivity contribution in [2.24, 2.45) is 5.92 Å². The Morgan fingerprint density at radius 2 is 1.95 bits per heavy atom. The molecule has 6 heteroatoms. The van der Waals surface area contributed by atoms with E-state index in [1.54, 1.807) is 11.4 Å². The average molecular weight is 304 g/mol. The Hall–Kier alpha value is -0.170. The number of hydrogen-bond acceptors (Lipinski definition) is 3. The van der Waals surface area contributed by atoms with Crippen LogP contribution in [0, 0.1) is 5.92 Å². The second-order valence-electron chi connectivity index (χ2n) is 6.05. The molecule has 0 amide bonds. The molecule has 118 valence electrons. The number of nitrogens with zero attached hydrogens (tertiary/aromatic N) is 1. The van der Waals surface area contributed by atoms with Crippen LogP contribution in [0.2, 0.25) is 0 Å². The molecule has 2 aliphatic rings. The van der Waals surface area contributed by atoms with Crippen LogP contribution >= 0.6 is 0 Å². The van der Waals surface area contributed by atoms with E-state index in [0.717, 1.165) is 31.6 Å². The first-order chi connectivity index (χ1) is 9.63. The van der Waals surface area contributed by atoms with E-state index in [1.165, 1.54) is 25.7 Å². The molecule has 2 fully saturated rings. The van der Waals surface area contributed by atoms with E-state index >= 15 is 0 Å². The second-order valence-corrected chi connectivity index (χ2v) is 7.76. The first kappa shape index (κ1) is 16.2. The summed E-state index contributed by atoms with van der Waals surface area (Å²) in [7, 11) is -1.70. The minimum Gasteiger partial charge on any atom is -0.383 e. The van der Waals surface area contributed by atoms with Gasteiger partial charge in [-0.05, 0) is 31.6 Å². The van der Waals surface area contributed by atoms with Gasteiger partial charge in [0, 0.05) is 26.2 Å². The van der Waals surface area contributed by atoms with Crippen molar-refractivity contribution in [2.45, 2.75) is 57.4 Å². The van der Waals surface area contributed by atoms with E-state index in [9.17, 15) is 8.42 Å². The topological polar surface area (TPSA) is 58.6 Å². The molecule has 1 saturated carbocycles. The number of ether oxygens (including phenoxy) is 1. The van der Waals surface area contributed by atoms with Crippen molar-refractivity contribution < 1.29 is 13.2 Å². The molecule has 1 N–H and O–H groups in total. The molecule has 2 rings (SSSR count). The molecule has 20 heavy (non-hydrogen) atoms. The Kier molecular flexibility index (Phi) is 6.26. The third kappa shape index (κ3) is 4.41. The van der Waals surface area contributed by atoms with Gasteiger partial charge in [-0.3, -0.25) is 0 Å². The first-order valence-electron chi connectivity index (χ1n) is 7.89. The number of methoxy groups -OCH3 is 1. The summed E-state index contributed by atoms with van der Waals surface area (Å²) in [6, 6.07) is 0.00679. The summed E-state index contributed by atoms with van der Waals surface area (Å²) < 4.78 is 34.0. The molecule has 1 aliphatic heterocycles. The monoisotopic (exact) mass is 304 g/mol. The van der Waals surface area contributed by atoms with Crippen molar-refractivity contribution in [3.05, 3.63) is 0 Å². The second kappa shape index (κ2) is 7.73. The van der Waals surface area contributed by atoms with Crippen LogP contribution in [0.1, 0.15) is 51.4 Å². The maximum atomic E-state index is 12.3. The molecular formula is C14H28N2O3S. The molecular weight excluding hydrogens is 276 g/mol. The van der Waals surface area contributed by atoms with Crippen molar-refractivity contribution >= 4 is 10.2 Å².